The second kappa shape index (κ2) is 4.03. The van der Waals surface area contributed by atoms with Gasteiger partial charge in [0, 0.05) is 22.1 Å². The Balaban J connectivity index is 2.58. The average molecular weight is 266 g/mol. The Morgan fingerprint density at radius 2 is 1.93 bits per heavy atom. The van der Waals surface area contributed by atoms with Gasteiger partial charge in [0.2, 0.25) is 0 Å². The molecule has 2 rings (SSSR count). The van der Waals surface area contributed by atoms with Crippen molar-refractivity contribution in [1.29, 1.82) is 0 Å². The number of hydrogen-bond acceptors (Lipinski definition) is 3. The first-order valence-corrected chi connectivity index (χ1v) is 5.52. The predicted octanol–water partition coefficient (Wildman–Crippen LogP) is 4.17. The minimum Gasteiger partial charge on any atom is -0.136 e. The third kappa shape index (κ3) is 1.86. The SMILES string of the molecule is Clc1ccc(-c2nnsc2Cl)c(Cl)c1. The van der Waals surface area contributed by atoms with Crippen molar-refractivity contribution >= 4 is 46.3 Å². The highest BCUT2D eigenvalue weighted by Crippen LogP contribution is 2.34. The van der Waals surface area contributed by atoms with Crippen LogP contribution in [0.2, 0.25) is 14.4 Å². The molecule has 2 nitrogen and oxygen atoms in total. The van der Waals surface area contributed by atoms with Gasteiger partial charge in [-0.05, 0) is 18.2 Å². The lowest BCUT2D eigenvalue weighted by molar-refractivity contribution is 1.16. The zero-order chi connectivity index (χ0) is 10.1. The molecule has 0 saturated carbocycles. The molecule has 0 amide bonds. The van der Waals surface area contributed by atoms with E-state index < -0.39 is 0 Å². The molecule has 0 spiro atoms. The molecular weight excluding hydrogens is 263 g/mol. The van der Waals surface area contributed by atoms with E-state index in [2.05, 4.69) is 9.59 Å². The molecule has 1 aromatic carbocycles. The third-order valence-electron chi connectivity index (χ3n) is 1.63. The van der Waals surface area contributed by atoms with E-state index in [1.807, 2.05) is 0 Å². The third-order valence-corrected chi connectivity index (χ3v) is 3.09. The van der Waals surface area contributed by atoms with Gasteiger partial charge in [0.25, 0.3) is 0 Å². The Labute approximate surface area is 99.6 Å². The summed E-state index contributed by atoms with van der Waals surface area (Å²) in [5, 5.41) is 4.99. The van der Waals surface area contributed by atoms with E-state index in [1.54, 1.807) is 18.2 Å². The molecule has 14 heavy (non-hydrogen) atoms. The molecule has 2 aromatic rings. The summed E-state index contributed by atoms with van der Waals surface area (Å²) in [5.74, 6) is 0. The van der Waals surface area contributed by atoms with Gasteiger partial charge < -0.3 is 0 Å². The van der Waals surface area contributed by atoms with E-state index in [1.165, 1.54) is 0 Å². The summed E-state index contributed by atoms with van der Waals surface area (Å²) in [4.78, 5) is 0. The molecule has 0 saturated heterocycles. The summed E-state index contributed by atoms with van der Waals surface area (Å²) in [6, 6.07) is 5.15. The average Bonchev–Trinajstić information content (AvgIpc) is 2.52. The summed E-state index contributed by atoms with van der Waals surface area (Å²) in [6.07, 6.45) is 0. The van der Waals surface area contributed by atoms with Crippen LogP contribution in [0.4, 0.5) is 0 Å². The predicted molar refractivity (Wildman–Crippen MR) is 60.4 cm³/mol. The lowest BCUT2D eigenvalue weighted by atomic mass is 10.2. The van der Waals surface area contributed by atoms with Crippen LogP contribution in [0.5, 0.6) is 0 Å². The number of benzene rings is 1. The monoisotopic (exact) mass is 264 g/mol. The largest absolute Gasteiger partial charge is 0.142 e. The maximum atomic E-state index is 5.99. The zero-order valence-corrected chi connectivity index (χ0v) is 9.75. The Bertz CT molecular complexity index is 469. The summed E-state index contributed by atoms with van der Waals surface area (Å²) in [6.45, 7) is 0. The standard InChI is InChI=1S/C8H3Cl3N2S/c9-4-1-2-5(6(10)3-4)7-8(11)14-13-12-7/h1-3H. The molecule has 0 radical (unpaired) electrons. The first-order chi connectivity index (χ1) is 6.68. The first-order valence-electron chi connectivity index (χ1n) is 3.62. The van der Waals surface area contributed by atoms with Crippen molar-refractivity contribution in [3.05, 3.63) is 32.6 Å². The van der Waals surface area contributed by atoms with Crippen LogP contribution in [-0.4, -0.2) is 9.59 Å². The van der Waals surface area contributed by atoms with Gasteiger partial charge >= 0.3 is 0 Å². The minimum absolute atomic E-state index is 0.520. The number of aromatic nitrogens is 2. The van der Waals surface area contributed by atoms with Crippen molar-refractivity contribution in [3.63, 3.8) is 0 Å². The highest BCUT2D eigenvalue weighted by atomic mass is 35.5. The normalized spacial score (nSPS) is 10.5. The number of rotatable bonds is 1. The van der Waals surface area contributed by atoms with Gasteiger partial charge in [-0.3, -0.25) is 0 Å². The molecule has 0 fully saturated rings. The molecule has 0 unspecified atom stereocenters. The molecule has 6 heteroatoms. The highest BCUT2D eigenvalue weighted by molar-refractivity contribution is 7.10. The smallest absolute Gasteiger partial charge is 0.136 e. The molecule has 0 N–H and O–H groups in total. The maximum Gasteiger partial charge on any atom is 0.142 e. The van der Waals surface area contributed by atoms with Crippen molar-refractivity contribution < 1.29 is 0 Å². The van der Waals surface area contributed by atoms with Gasteiger partial charge in [0.05, 0.1) is 5.02 Å². The highest BCUT2D eigenvalue weighted by Gasteiger charge is 2.11. The molecule has 0 aliphatic rings. The van der Waals surface area contributed by atoms with Crippen LogP contribution in [-0.2, 0) is 0 Å². The van der Waals surface area contributed by atoms with Crippen LogP contribution in [0, 0.1) is 0 Å². The Morgan fingerprint density at radius 1 is 1.14 bits per heavy atom. The lowest BCUT2D eigenvalue weighted by Crippen LogP contribution is -1.80. The van der Waals surface area contributed by atoms with Crippen LogP contribution in [0.3, 0.4) is 0 Å². The Morgan fingerprint density at radius 3 is 2.50 bits per heavy atom. The molecule has 72 valence electrons. The lowest BCUT2D eigenvalue weighted by Gasteiger charge is -2.00. The van der Waals surface area contributed by atoms with Crippen LogP contribution in [0.25, 0.3) is 11.3 Å². The Kier molecular flexibility index (Phi) is 2.93. The second-order valence-electron chi connectivity index (χ2n) is 2.52. The van der Waals surface area contributed by atoms with Crippen molar-refractivity contribution in [2.24, 2.45) is 0 Å². The van der Waals surface area contributed by atoms with E-state index in [9.17, 15) is 0 Å². The summed E-state index contributed by atoms with van der Waals surface area (Å²) in [7, 11) is 0. The van der Waals surface area contributed by atoms with Crippen molar-refractivity contribution in [2.75, 3.05) is 0 Å². The van der Waals surface area contributed by atoms with Crippen LogP contribution in [0.15, 0.2) is 18.2 Å². The molecule has 0 aliphatic heterocycles. The summed E-state index contributed by atoms with van der Waals surface area (Å²) >= 11 is 18.8. The molecule has 1 aromatic heterocycles. The second-order valence-corrected chi connectivity index (χ2v) is 4.72. The van der Waals surface area contributed by atoms with E-state index >= 15 is 0 Å². The zero-order valence-electron chi connectivity index (χ0n) is 6.67. The van der Waals surface area contributed by atoms with E-state index in [-0.39, 0.29) is 0 Å². The quantitative estimate of drug-likeness (QED) is 0.773. The first kappa shape index (κ1) is 10.2. The molecule has 0 atom stereocenters. The van der Waals surface area contributed by atoms with Crippen LogP contribution < -0.4 is 0 Å². The van der Waals surface area contributed by atoms with Gasteiger partial charge in [-0.2, -0.15) is 0 Å². The molecule has 0 aliphatic carbocycles. The van der Waals surface area contributed by atoms with Gasteiger partial charge in [-0.25, -0.2) is 0 Å². The van der Waals surface area contributed by atoms with E-state index in [0.717, 1.165) is 17.1 Å². The minimum atomic E-state index is 0.520. The van der Waals surface area contributed by atoms with Crippen molar-refractivity contribution in [1.82, 2.24) is 9.59 Å². The fraction of sp³-hybridized carbons (Fsp3) is 0. The number of hydrogen-bond donors (Lipinski definition) is 0. The van der Waals surface area contributed by atoms with Gasteiger partial charge in [-0.15, -0.1) is 5.10 Å². The Hall–Kier alpha value is -0.350. The fourth-order valence-electron chi connectivity index (χ4n) is 1.02. The van der Waals surface area contributed by atoms with Crippen molar-refractivity contribution in [3.8, 4) is 11.3 Å². The topological polar surface area (TPSA) is 25.8 Å². The van der Waals surface area contributed by atoms with Crippen molar-refractivity contribution in [2.45, 2.75) is 0 Å². The van der Waals surface area contributed by atoms with E-state index in [4.69, 9.17) is 34.8 Å². The van der Waals surface area contributed by atoms with Gasteiger partial charge in [0.1, 0.15) is 10.0 Å². The van der Waals surface area contributed by atoms with Gasteiger partial charge in [-0.1, -0.05) is 39.3 Å². The fourth-order valence-corrected chi connectivity index (χ4v) is 2.18. The van der Waals surface area contributed by atoms with Crippen LogP contribution >= 0.6 is 46.3 Å². The molecular formula is C8H3Cl3N2S. The maximum absolute atomic E-state index is 5.99. The molecule has 0 bridgehead atoms. The van der Waals surface area contributed by atoms with Gasteiger partial charge in [0.15, 0.2) is 0 Å². The molecule has 1 heterocycles. The number of halogens is 3. The summed E-state index contributed by atoms with van der Waals surface area (Å²) in [5.41, 5.74) is 1.34. The summed E-state index contributed by atoms with van der Waals surface area (Å²) < 4.78 is 4.25. The van der Waals surface area contributed by atoms with E-state index in [0.29, 0.717) is 20.1 Å². The number of nitrogens with zero attached hydrogens (tertiary/aromatic N) is 2. The van der Waals surface area contributed by atoms with Crippen LogP contribution in [0.1, 0.15) is 0 Å².